The van der Waals surface area contributed by atoms with E-state index in [0.717, 1.165) is 11.1 Å². The van der Waals surface area contributed by atoms with E-state index in [0.29, 0.717) is 21.8 Å². The number of pyridine rings is 1. The molecule has 4 rings (SSSR count). The van der Waals surface area contributed by atoms with Crippen LogP contribution in [0.3, 0.4) is 0 Å². The fourth-order valence-electron chi connectivity index (χ4n) is 3.60. The van der Waals surface area contributed by atoms with Crippen LogP contribution in [0.4, 0.5) is 0 Å². The second-order valence-corrected chi connectivity index (χ2v) is 6.91. The van der Waals surface area contributed by atoms with Gasteiger partial charge in [-0.15, -0.1) is 0 Å². The van der Waals surface area contributed by atoms with Crippen molar-refractivity contribution in [2.45, 2.75) is 26.7 Å². The standard InChI is InChI=1S/C20H18N4O5/c1-10-12(11(2)21-17-16(10)20(28)23(3)22-17)8-9-15(25)29-24-18(26)13-6-4-5-7-14(13)19(24)27/h4-7H,8-9H2,1-3H3,(H,21,22). The Bertz CT molecular complexity index is 1220. The first-order valence-corrected chi connectivity index (χ1v) is 9.03. The minimum Gasteiger partial charge on any atom is -0.330 e. The number of hydrogen-bond donors (Lipinski definition) is 1. The molecule has 1 aromatic carbocycles. The van der Waals surface area contributed by atoms with Crippen LogP contribution in [-0.2, 0) is 23.1 Å². The Hall–Kier alpha value is -3.75. The van der Waals surface area contributed by atoms with Crippen LogP contribution in [0.5, 0.6) is 0 Å². The van der Waals surface area contributed by atoms with Crippen molar-refractivity contribution in [3.8, 4) is 0 Å². The number of aryl methyl sites for hydroxylation is 3. The number of carbonyl (C=O) groups is 3. The van der Waals surface area contributed by atoms with Gasteiger partial charge < -0.3 is 4.84 Å². The molecule has 148 valence electrons. The quantitative estimate of drug-likeness (QED) is 0.672. The van der Waals surface area contributed by atoms with Gasteiger partial charge in [-0.05, 0) is 43.5 Å². The molecule has 3 heterocycles. The predicted molar refractivity (Wildman–Crippen MR) is 102 cm³/mol. The number of amides is 2. The van der Waals surface area contributed by atoms with Gasteiger partial charge in [-0.3, -0.25) is 24.2 Å². The highest BCUT2D eigenvalue weighted by Gasteiger charge is 2.38. The lowest BCUT2D eigenvalue weighted by atomic mass is 10.0. The van der Waals surface area contributed by atoms with Crippen LogP contribution >= 0.6 is 0 Å². The molecule has 2 amide bonds. The summed E-state index contributed by atoms with van der Waals surface area (Å²) in [5, 5.41) is 3.86. The van der Waals surface area contributed by atoms with E-state index < -0.39 is 17.8 Å². The van der Waals surface area contributed by atoms with Crippen LogP contribution in [0.2, 0.25) is 0 Å². The van der Waals surface area contributed by atoms with Crippen molar-refractivity contribution in [2.75, 3.05) is 0 Å². The summed E-state index contributed by atoms with van der Waals surface area (Å²) >= 11 is 0. The summed E-state index contributed by atoms with van der Waals surface area (Å²) in [6, 6.07) is 6.29. The van der Waals surface area contributed by atoms with Crippen molar-refractivity contribution >= 4 is 28.8 Å². The number of rotatable bonds is 4. The molecule has 1 aliphatic rings. The molecule has 0 atom stereocenters. The van der Waals surface area contributed by atoms with Crippen molar-refractivity contribution in [3.05, 3.63) is 62.6 Å². The van der Waals surface area contributed by atoms with Gasteiger partial charge in [-0.1, -0.05) is 17.2 Å². The van der Waals surface area contributed by atoms with E-state index in [4.69, 9.17) is 4.84 Å². The van der Waals surface area contributed by atoms with Gasteiger partial charge in [0.15, 0.2) is 5.65 Å². The maximum Gasteiger partial charge on any atom is 0.333 e. The largest absolute Gasteiger partial charge is 0.333 e. The van der Waals surface area contributed by atoms with Crippen LogP contribution in [0.25, 0.3) is 11.0 Å². The minimum atomic E-state index is -0.722. The zero-order valence-electron chi connectivity index (χ0n) is 16.1. The summed E-state index contributed by atoms with van der Waals surface area (Å²) in [6.07, 6.45) is 0.184. The van der Waals surface area contributed by atoms with Crippen molar-refractivity contribution in [1.29, 1.82) is 0 Å². The second kappa shape index (κ2) is 6.69. The number of aromatic amines is 1. The van der Waals surface area contributed by atoms with E-state index in [-0.39, 0.29) is 29.5 Å². The number of imide groups is 1. The molecule has 0 unspecified atom stereocenters. The number of nitrogens with zero attached hydrogens (tertiary/aromatic N) is 3. The van der Waals surface area contributed by atoms with Crippen molar-refractivity contribution < 1.29 is 19.2 Å². The number of H-pyrrole nitrogens is 1. The molecule has 0 saturated heterocycles. The van der Waals surface area contributed by atoms with E-state index in [1.54, 1.807) is 33.0 Å². The molecular weight excluding hydrogens is 376 g/mol. The van der Waals surface area contributed by atoms with Gasteiger partial charge in [0.05, 0.1) is 22.9 Å². The summed E-state index contributed by atoms with van der Waals surface area (Å²) in [4.78, 5) is 58.6. The third-order valence-corrected chi connectivity index (χ3v) is 5.10. The van der Waals surface area contributed by atoms with Gasteiger partial charge in [0.25, 0.3) is 17.4 Å². The number of nitrogens with one attached hydrogen (secondary N) is 1. The van der Waals surface area contributed by atoms with Gasteiger partial charge in [-0.25, -0.2) is 9.78 Å². The molecule has 9 heteroatoms. The monoisotopic (exact) mass is 394 g/mol. The number of carbonyl (C=O) groups excluding carboxylic acids is 3. The van der Waals surface area contributed by atoms with Crippen LogP contribution in [0.1, 0.15) is 44.0 Å². The number of hydrogen-bond acceptors (Lipinski definition) is 6. The molecular formula is C20H18N4O5. The molecule has 2 aromatic heterocycles. The molecule has 0 fully saturated rings. The molecule has 0 saturated carbocycles. The Morgan fingerprint density at radius 1 is 1.10 bits per heavy atom. The number of hydroxylamine groups is 2. The lowest BCUT2D eigenvalue weighted by Gasteiger charge is -2.13. The Kier molecular flexibility index (Phi) is 4.30. The van der Waals surface area contributed by atoms with Crippen molar-refractivity contribution in [1.82, 2.24) is 19.8 Å². The average Bonchev–Trinajstić information content (AvgIpc) is 3.10. The van der Waals surface area contributed by atoms with E-state index in [9.17, 15) is 19.2 Å². The zero-order valence-corrected chi connectivity index (χ0v) is 16.1. The first kappa shape index (κ1) is 18.6. The minimum absolute atomic E-state index is 0.0764. The Labute approximate surface area is 164 Å². The molecule has 0 radical (unpaired) electrons. The molecule has 0 aliphatic carbocycles. The number of aromatic nitrogens is 3. The maximum absolute atomic E-state index is 12.3. The SMILES string of the molecule is Cc1nc2[nH]n(C)c(=O)c2c(C)c1CCC(=O)ON1C(=O)c2ccccc2C1=O. The third kappa shape index (κ3) is 2.91. The normalized spacial score (nSPS) is 13.3. The molecule has 1 aliphatic heterocycles. The van der Waals surface area contributed by atoms with Gasteiger partial charge in [0.1, 0.15) is 0 Å². The van der Waals surface area contributed by atoms with Crippen molar-refractivity contribution in [3.63, 3.8) is 0 Å². The van der Waals surface area contributed by atoms with Gasteiger partial charge in [0.2, 0.25) is 0 Å². The maximum atomic E-state index is 12.3. The first-order valence-electron chi connectivity index (χ1n) is 9.03. The lowest BCUT2D eigenvalue weighted by Crippen LogP contribution is -2.32. The smallest absolute Gasteiger partial charge is 0.330 e. The van der Waals surface area contributed by atoms with E-state index in [2.05, 4.69) is 10.1 Å². The van der Waals surface area contributed by atoms with Gasteiger partial charge >= 0.3 is 5.97 Å². The predicted octanol–water partition coefficient (Wildman–Crippen LogP) is 1.57. The summed E-state index contributed by atoms with van der Waals surface area (Å²) in [5.74, 6) is -2.05. The van der Waals surface area contributed by atoms with Crippen LogP contribution in [0.15, 0.2) is 29.1 Å². The molecule has 9 nitrogen and oxygen atoms in total. The molecule has 1 N–H and O–H groups in total. The summed E-state index contributed by atoms with van der Waals surface area (Å²) in [7, 11) is 1.61. The topological polar surface area (TPSA) is 114 Å². The average molecular weight is 394 g/mol. The first-order chi connectivity index (χ1) is 13.8. The molecule has 3 aromatic rings. The summed E-state index contributed by atoms with van der Waals surface area (Å²) in [6.45, 7) is 3.60. The van der Waals surface area contributed by atoms with E-state index >= 15 is 0 Å². The zero-order chi connectivity index (χ0) is 20.9. The highest BCUT2D eigenvalue weighted by Crippen LogP contribution is 2.24. The Morgan fingerprint density at radius 3 is 2.34 bits per heavy atom. The third-order valence-electron chi connectivity index (χ3n) is 5.10. The fraction of sp³-hybridized carbons (Fsp3) is 0.250. The van der Waals surface area contributed by atoms with Crippen LogP contribution < -0.4 is 5.56 Å². The van der Waals surface area contributed by atoms with E-state index in [1.807, 2.05) is 0 Å². The highest BCUT2D eigenvalue weighted by molar-refractivity contribution is 6.20. The lowest BCUT2D eigenvalue weighted by molar-refractivity contribution is -0.168. The van der Waals surface area contributed by atoms with Gasteiger partial charge in [-0.2, -0.15) is 0 Å². The highest BCUT2D eigenvalue weighted by atomic mass is 16.7. The molecule has 29 heavy (non-hydrogen) atoms. The molecule has 0 spiro atoms. The summed E-state index contributed by atoms with van der Waals surface area (Å²) < 4.78 is 1.35. The van der Waals surface area contributed by atoms with Gasteiger partial charge in [0, 0.05) is 12.7 Å². The Balaban J connectivity index is 1.51. The van der Waals surface area contributed by atoms with Crippen molar-refractivity contribution in [2.24, 2.45) is 7.05 Å². The van der Waals surface area contributed by atoms with E-state index in [1.165, 1.54) is 16.8 Å². The summed E-state index contributed by atoms with van der Waals surface area (Å²) in [5.41, 5.74) is 2.89. The Morgan fingerprint density at radius 2 is 1.72 bits per heavy atom. The van der Waals surface area contributed by atoms with Crippen LogP contribution in [0, 0.1) is 13.8 Å². The fourth-order valence-corrected chi connectivity index (χ4v) is 3.60. The number of fused-ring (bicyclic) bond motifs is 2. The molecule has 0 bridgehead atoms. The second-order valence-electron chi connectivity index (χ2n) is 6.91. The number of benzene rings is 1. The van der Waals surface area contributed by atoms with Crippen LogP contribution in [-0.4, -0.2) is 37.6 Å².